The van der Waals surface area contributed by atoms with Crippen LogP contribution in [0.1, 0.15) is 16.5 Å². The first kappa shape index (κ1) is 9.69. The Balaban J connectivity index is 2.07. The Labute approximate surface area is 92.4 Å². The second-order valence-electron chi connectivity index (χ2n) is 3.08. The van der Waals surface area contributed by atoms with Crippen molar-refractivity contribution in [1.82, 2.24) is 4.98 Å². The molecule has 14 heavy (non-hydrogen) atoms. The topological polar surface area (TPSA) is 12.9 Å². The lowest BCUT2D eigenvalue weighted by Crippen LogP contribution is -1.94. The average molecular weight is 224 g/mol. The third kappa shape index (κ3) is 2.34. The minimum absolute atomic E-state index is 0.0487. The van der Waals surface area contributed by atoms with Crippen molar-refractivity contribution in [2.45, 2.75) is 11.8 Å². The van der Waals surface area contributed by atoms with Gasteiger partial charge < -0.3 is 0 Å². The number of aromatic nitrogens is 1. The van der Waals surface area contributed by atoms with E-state index in [2.05, 4.69) is 21.8 Å². The summed E-state index contributed by atoms with van der Waals surface area (Å²) in [6.07, 6.45) is 4.44. The first-order valence-electron chi connectivity index (χ1n) is 4.41. The van der Waals surface area contributed by atoms with Crippen molar-refractivity contribution >= 4 is 22.9 Å². The molecule has 72 valence electrons. The van der Waals surface area contributed by atoms with E-state index in [1.54, 1.807) is 23.7 Å². The number of halogens is 1. The number of nitrogens with zero attached hydrogens (tertiary/aromatic N) is 1. The van der Waals surface area contributed by atoms with Crippen molar-refractivity contribution in [2.75, 3.05) is 0 Å². The van der Waals surface area contributed by atoms with Crippen LogP contribution in [0.2, 0.25) is 0 Å². The monoisotopic (exact) mass is 223 g/mol. The van der Waals surface area contributed by atoms with E-state index in [-0.39, 0.29) is 5.38 Å². The maximum Gasteiger partial charge on any atom is 0.0626 e. The Hall–Kier alpha value is -0.860. The number of thiophene rings is 1. The summed E-state index contributed by atoms with van der Waals surface area (Å²) in [5.41, 5.74) is 2.43. The molecule has 1 nitrogen and oxygen atoms in total. The van der Waals surface area contributed by atoms with Crippen LogP contribution in [0, 0.1) is 0 Å². The van der Waals surface area contributed by atoms with E-state index in [1.165, 1.54) is 5.56 Å². The van der Waals surface area contributed by atoms with E-state index in [1.807, 2.05) is 12.1 Å². The van der Waals surface area contributed by atoms with Crippen LogP contribution in [-0.2, 0) is 6.42 Å². The van der Waals surface area contributed by atoms with Crippen LogP contribution in [-0.4, -0.2) is 4.98 Å². The zero-order chi connectivity index (χ0) is 9.80. The van der Waals surface area contributed by atoms with Crippen LogP contribution in [0.4, 0.5) is 0 Å². The lowest BCUT2D eigenvalue weighted by Gasteiger charge is -2.07. The molecule has 1 unspecified atom stereocenters. The molecule has 0 aromatic carbocycles. The van der Waals surface area contributed by atoms with Crippen molar-refractivity contribution in [2.24, 2.45) is 0 Å². The molecule has 0 spiro atoms. The Morgan fingerprint density at radius 3 is 2.71 bits per heavy atom. The Morgan fingerprint density at radius 1 is 1.29 bits per heavy atom. The van der Waals surface area contributed by atoms with Gasteiger partial charge in [-0.05, 0) is 46.5 Å². The third-order valence-corrected chi connectivity index (χ3v) is 3.20. The van der Waals surface area contributed by atoms with E-state index in [0.29, 0.717) is 0 Å². The highest BCUT2D eigenvalue weighted by Gasteiger charge is 2.08. The van der Waals surface area contributed by atoms with Gasteiger partial charge in [-0.25, -0.2) is 0 Å². The lowest BCUT2D eigenvalue weighted by molar-refractivity contribution is 0.920. The first-order valence-corrected chi connectivity index (χ1v) is 5.79. The van der Waals surface area contributed by atoms with Crippen LogP contribution < -0.4 is 0 Å². The zero-order valence-corrected chi connectivity index (χ0v) is 9.13. The Morgan fingerprint density at radius 2 is 2.07 bits per heavy atom. The van der Waals surface area contributed by atoms with Crippen LogP contribution >= 0.6 is 22.9 Å². The first-order chi connectivity index (χ1) is 6.86. The lowest BCUT2D eigenvalue weighted by atomic mass is 10.1. The van der Waals surface area contributed by atoms with E-state index >= 15 is 0 Å². The van der Waals surface area contributed by atoms with E-state index < -0.39 is 0 Å². The molecule has 0 saturated heterocycles. The molecular formula is C11H10ClNS. The average Bonchev–Trinajstić information content (AvgIpc) is 2.72. The highest BCUT2D eigenvalue weighted by Crippen LogP contribution is 2.25. The summed E-state index contributed by atoms with van der Waals surface area (Å²) in [5, 5.41) is 4.26. The molecule has 0 bridgehead atoms. The number of hydrogen-bond donors (Lipinski definition) is 0. The van der Waals surface area contributed by atoms with E-state index in [0.717, 1.165) is 12.0 Å². The number of rotatable bonds is 3. The normalized spacial score (nSPS) is 12.6. The maximum atomic E-state index is 6.27. The summed E-state index contributed by atoms with van der Waals surface area (Å²) in [5.74, 6) is 0. The molecule has 2 heterocycles. The molecule has 0 saturated carbocycles. The van der Waals surface area contributed by atoms with Gasteiger partial charge in [-0.3, -0.25) is 4.98 Å². The fourth-order valence-corrected chi connectivity index (χ4v) is 2.31. The maximum absolute atomic E-state index is 6.27. The van der Waals surface area contributed by atoms with Crippen molar-refractivity contribution in [3.8, 4) is 0 Å². The van der Waals surface area contributed by atoms with Gasteiger partial charge in [0.25, 0.3) is 0 Å². The molecule has 3 heteroatoms. The van der Waals surface area contributed by atoms with Crippen LogP contribution in [0.3, 0.4) is 0 Å². The van der Waals surface area contributed by atoms with E-state index in [9.17, 15) is 0 Å². The molecule has 0 radical (unpaired) electrons. The summed E-state index contributed by atoms with van der Waals surface area (Å²) in [6, 6.07) is 6.04. The molecule has 2 aromatic heterocycles. The summed E-state index contributed by atoms with van der Waals surface area (Å²) < 4.78 is 0. The fourth-order valence-electron chi connectivity index (χ4n) is 1.31. The summed E-state index contributed by atoms with van der Waals surface area (Å²) in [6.45, 7) is 0. The number of hydrogen-bond acceptors (Lipinski definition) is 2. The number of alkyl halides is 1. The van der Waals surface area contributed by atoms with Crippen molar-refractivity contribution in [1.29, 1.82) is 0 Å². The zero-order valence-electron chi connectivity index (χ0n) is 7.56. The van der Waals surface area contributed by atoms with Crippen LogP contribution in [0.25, 0.3) is 0 Å². The summed E-state index contributed by atoms with van der Waals surface area (Å²) in [7, 11) is 0. The minimum atomic E-state index is 0.0487. The minimum Gasteiger partial charge on any atom is -0.265 e. The molecule has 1 atom stereocenters. The van der Waals surface area contributed by atoms with Crippen molar-refractivity contribution in [3.05, 3.63) is 52.5 Å². The SMILES string of the molecule is ClC(Cc1ccsc1)c1ccncc1. The predicted octanol–water partition coefficient (Wildman–Crippen LogP) is 3.67. The van der Waals surface area contributed by atoms with Crippen LogP contribution in [0.15, 0.2) is 41.4 Å². The Kier molecular flexibility index (Phi) is 3.17. The summed E-state index contributed by atoms with van der Waals surface area (Å²) >= 11 is 7.98. The molecule has 2 rings (SSSR count). The standard InChI is InChI=1S/C11H10ClNS/c12-11(7-9-3-6-14-8-9)10-1-4-13-5-2-10/h1-6,8,11H,7H2. The molecule has 2 aromatic rings. The smallest absolute Gasteiger partial charge is 0.0626 e. The summed E-state index contributed by atoms with van der Waals surface area (Å²) in [4.78, 5) is 3.97. The fraction of sp³-hybridized carbons (Fsp3) is 0.182. The molecule has 0 aliphatic rings. The van der Waals surface area contributed by atoms with Crippen molar-refractivity contribution in [3.63, 3.8) is 0 Å². The highest BCUT2D eigenvalue weighted by atomic mass is 35.5. The molecule has 0 aliphatic heterocycles. The Bertz CT molecular complexity index is 371. The van der Waals surface area contributed by atoms with Gasteiger partial charge in [0, 0.05) is 12.4 Å². The van der Waals surface area contributed by atoms with Gasteiger partial charge in [0.15, 0.2) is 0 Å². The third-order valence-electron chi connectivity index (χ3n) is 2.06. The van der Waals surface area contributed by atoms with Gasteiger partial charge in [0.2, 0.25) is 0 Å². The van der Waals surface area contributed by atoms with Gasteiger partial charge in [-0.15, -0.1) is 11.6 Å². The van der Waals surface area contributed by atoms with Gasteiger partial charge >= 0.3 is 0 Å². The molecule has 0 aliphatic carbocycles. The second-order valence-corrected chi connectivity index (χ2v) is 4.39. The molecule has 0 amide bonds. The molecule has 0 N–H and O–H groups in total. The second kappa shape index (κ2) is 4.58. The predicted molar refractivity (Wildman–Crippen MR) is 60.9 cm³/mol. The van der Waals surface area contributed by atoms with Crippen molar-refractivity contribution < 1.29 is 0 Å². The van der Waals surface area contributed by atoms with Gasteiger partial charge in [-0.2, -0.15) is 11.3 Å². The van der Waals surface area contributed by atoms with E-state index in [4.69, 9.17) is 11.6 Å². The van der Waals surface area contributed by atoms with Gasteiger partial charge in [-0.1, -0.05) is 0 Å². The quantitative estimate of drug-likeness (QED) is 0.724. The molecule has 0 fully saturated rings. The number of pyridine rings is 1. The van der Waals surface area contributed by atoms with Crippen LogP contribution in [0.5, 0.6) is 0 Å². The largest absolute Gasteiger partial charge is 0.265 e. The van der Waals surface area contributed by atoms with Gasteiger partial charge in [0.05, 0.1) is 5.38 Å². The highest BCUT2D eigenvalue weighted by molar-refractivity contribution is 7.07. The molecular weight excluding hydrogens is 214 g/mol. The van der Waals surface area contributed by atoms with Gasteiger partial charge in [0.1, 0.15) is 0 Å².